The molecule has 1 aromatic heterocycles. The van der Waals surface area contributed by atoms with Crippen molar-refractivity contribution in [3.05, 3.63) is 50.6 Å². The molecule has 0 aliphatic heterocycles. The Hall–Kier alpha value is -0.840. The fourth-order valence-corrected chi connectivity index (χ4v) is 3.44. The average molecular weight is 312 g/mol. The highest BCUT2D eigenvalue weighted by Crippen LogP contribution is 2.31. The van der Waals surface area contributed by atoms with Gasteiger partial charge in [-0.1, -0.05) is 18.2 Å². The molecule has 4 heteroatoms. The van der Waals surface area contributed by atoms with Crippen LogP contribution < -0.4 is 5.32 Å². The van der Waals surface area contributed by atoms with Crippen LogP contribution in [0.5, 0.6) is 0 Å². The molecule has 0 fully saturated rings. The van der Waals surface area contributed by atoms with E-state index in [0.29, 0.717) is 0 Å². The predicted octanol–water partition coefficient (Wildman–Crippen LogP) is 4.18. The first kappa shape index (κ1) is 12.6. The van der Waals surface area contributed by atoms with Gasteiger partial charge in [-0.05, 0) is 40.4 Å². The molecule has 0 aliphatic rings. The first-order chi connectivity index (χ1) is 8.22. The van der Waals surface area contributed by atoms with Crippen molar-refractivity contribution in [1.29, 1.82) is 0 Å². The summed E-state index contributed by atoms with van der Waals surface area (Å²) in [5.74, 6) is 0. The van der Waals surface area contributed by atoms with Crippen LogP contribution in [0.1, 0.15) is 23.4 Å². The summed E-state index contributed by atoms with van der Waals surface area (Å²) >= 11 is 5.26. The van der Waals surface area contributed by atoms with Crippen LogP contribution >= 0.6 is 27.3 Å². The lowest BCUT2D eigenvalue weighted by molar-refractivity contribution is 0.282. The fraction of sp³-hybridized carbons (Fsp3) is 0.231. The van der Waals surface area contributed by atoms with Gasteiger partial charge in [0.15, 0.2) is 0 Å². The third-order valence-corrected chi connectivity index (χ3v) is 4.65. The molecule has 0 saturated carbocycles. The first-order valence-electron chi connectivity index (χ1n) is 5.40. The molecule has 1 unspecified atom stereocenters. The van der Waals surface area contributed by atoms with E-state index in [1.54, 1.807) is 11.3 Å². The average Bonchev–Trinajstić information content (AvgIpc) is 2.76. The monoisotopic (exact) mass is 311 g/mol. The standard InChI is InChI=1S/C13H14BrNOS/c1-9(13-11(14)6-7-17-13)15-12-5-3-2-4-10(12)8-16/h2-7,9,15-16H,8H2,1H3. The van der Waals surface area contributed by atoms with Crippen molar-refractivity contribution in [2.75, 3.05) is 5.32 Å². The van der Waals surface area contributed by atoms with Crippen LogP contribution in [0.2, 0.25) is 0 Å². The number of hydrogen-bond acceptors (Lipinski definition) is 3. The normalized spacial score (nSPS) is 12.4. The Balaban J connectivity index is 2.18. The molecule has 2 aromatic rings. The molecule has 0 saturated heterocycles. The Bertz CT molecular complexity index is 498. The molecule has 90 valence electrons. The van der Waals surface area contributed by atoms with Gasteiger partial charge in [-0.3, -0.25) is 0 Å². The number of anilines is 1. The van der Waals surface area contributed by atoms with Crippen molar-refractivity contribution < 1.29 is 5.11 Å². The second kappa shape index (κ2) is 5.67. The summed E-state index contributed by atoms with van der Waals surface area (Å²) in [5, 5.41) is 14.8. The van der Waals surface area contributed by atoms with Crippen molar-refractivity contribution in [1.82, 2.24) is 0 Å². The van der Waals surface area contributed by atoms with Crippen LogP contribution in [-0.2, 0) is 6.61 Å². The van der Waals surface area contributed by atoms with Crippen molar-refractivity contribution >= 4 is 33.0 Å². The minimum atomic E-state index is 0.0570. The number of nitrogens with one attached hydrogen (secondary N) is 1. The molecular formula is C13H14BrNOS. The minimum absolute atomic E-state index is 0.0570. The summed E-state index contributed by atoms with van der Waals surface area (Å²) in [6, 6.07) is 10.1. The summed E-state index contributed by atoms with van der Waals surface area (Å²) < 4.78 is 1.13. The van der Waals surface area contributed by atoms with Crippen molar-refractivity contribution in [2.24, 2.45) is 0 Å². The molecule has 0 radical (unpaired) electrons. The zero-order chi connectivity index (χ0) is 12.3. The maximum absolute atomic E-state index is 9.27. The van der Waals surface area contributed by atoms with Gasteiger partial charge in [0, 0.05) is 20.6 Å². The molecule has 1 aromatic carbocycles. The van der Waals surface area contributed by atoms with Gasteiger partial charge >= 0.3 is 0 Å². The van der Waals surface area contributed by atoms with Gasteiger partial charge in [0.05, 0.1) is 12.6 Å². The molecule has 2 nitrogen and oxygen atoms in total. The van der Waals surface area contributed by atoms with Gasteiger partial charge in [-0.25, -0.2) is 0 Å². The Morgan fingerprint density at radius 3 is 2.76 bits per heavy atom. The molecule has 1 atom stereocenters. The van der Waals surface area contributed by atoms with E-state index in [1.165, 1.54) is 4.88 Å². The molecule has 1 heterocycles. The SMILES string of the molecule is CC(Nc1ccccc1CO)c1sccc1Br. The Labute approximate surface area is 113 Å². The quantitative estimate of drug-likeness (QED) is 0.888. The van der Waals surface area contributed by atoms with E-state index in [-0.39, 0.29) is 12.6 Å². The van der Waals surface area contributed by atoms with Crippen molar-refractivity contribution in [3.63, 3.8) is 0 Å². The zero-order valence-corrected chi connectivity index (χ0v) is 11.9. The van der Waals surface area contributed by atoms with Gasteiger partial charge in [0.2, 0.25) is 0 Å². The second-order valence-corrected chi connectivity index (χ2v) is 5.62. The van der Waals surface area contributed by atoms with E-state index in [1.807, 2.05) is 24.3 Å². The summed E-state index contributed by atoms with van der Waals surface area (Å²) in [5.41, 5.74) is 1.91. The van der Waals surface area contributed by atoms with E-state index >= 15 is 0 Å². The smallest absolute Gasteiger partial charge is 0.0701 e. The highest BCUT2D eigenvalue weighted by Gasteiger charge is 2.11. The fourth-order valence-electron chi connectivity index (χ4n) is 1.71. The van der Waals surface area contributed by atoms with Gasteiger partial charge in [0.25, 0.3) is 0 Å². The molecule has 17 heavy (non-hydrogen) atoms. The number of rotatable bonds is 4. The van der Waals surface area contributed by atoms with E-state index in [0.717, 1.165) is 15.7 Å². The largest absolute Gasteiger partial charge is 0.392 e. The van der Waals surface area contributed by atoms with E-state index in [9.17, 15) is 5.11 Å². The maximum Gasteiger partial charge on any atom is 0.0701 e. The predicted molar refractivity (Wildman–Crippen MR) is 76.4 cm³/mol. The summed E-state index contributed by atoms with van der Waals surface area (Å²) in [4.78, 5) is 1.26. The molecule has 0 aliphatic carbocycles. The molecule has 2 N–H and O–H groups in total. The summed E-state index contributed by atoms with van der Waals surface area (Å²) in [6.07, 6.45) is 0. The number of para-hydroxylation sites is 1. The molecule has 0 bridgehead atoms. The molecule has 0 spiro atoms. The van der Waals surface area contributed by atoms with Gasteiger partial charge in [-0.2, -0.15) is 0 Å². The third-order valence-electron chi connectivity index (χ3n) is 2.60. The maximum atomic E-state index is 9.27. The second-order valence-electron chi connectivity index (χ2n) is 3.81. The molecule has 2 rings (SSSR count). The Kier molecular flexibility index (Phi) is 4.20. The highest BCUT2D eigenvalue weighted by molar-refractivity contribution is 9.10. The zero-order valence-electron chi connectivity index (χ0n) is 9.48. The van der Waals surface area contributed by atoms with Crippen LogP contribution in [0.25, 0.3) is 0 Å². The number of aliphatic hydroxyl groups excluding tert-OH is 1. The number of hydrogen-bond donors (Lipinski definition) is 2. The lowest BCUT2D eigenvalue weighted by Crippen LogP contribution is -2.07. The van der Waals surface area contributed by atoms with Crippen LogP contribution in [-0.4, -0.2) is 5.11 Å². The third kappa shape index (κ3) is 2.89. The minimum Gasteiger partial charge on any atom is -0.392 e. The van der Waals surface area contributed by atoms with E-state index in [4.69, 9.17) is 0 Å². The van der Waals surface area contributed by atoms with Gasteiger partial charge < -0.3 is 10.4 Å². The summed E-state index contributed by atoms with van der Waals surface area (Å²) in [7, 11) is 0. The number of halogens is 1. The van der Waals surface area contributed by atoms with Crippen LogP contribution in [0.4, 0.5) is 5.69 Å². The molecular weight excluding hydrogens is 298 g/mol. The van der Waals surface area contributed by atoms with Crippen LogP contribution in [0, 0.1) is 0 Å². The molecule has 0 amide bonds. The Morgan fingerprint density at radius 1 is 1.35 bits per heavy atom. The highest BCUT2D eigenvalue weighted by atomic mass is 79.9. The lowest BCUT2D eigenvalue weighted by atomic mass is 10.1. The summed E-state index contributed by atoms with van der Waals surface area (Å²) in [6.45, 7) is 2.17. The van der Waals surface area contributed by atoms with Crippen molar-refractivity contribution in [3.8, 4) is 0 Å². The number of thiophene rings is 1. The van der Waals surface area contributed by atoms with Crippen LogP contribution in [0.15, 0.2) is 40.2 Å². The van der Waals surface area contributed by atoms with Gasteiger partial charge in [0.1, 0.15) is 0 Å². The topological polar surface area (TPSA) is 32.3 Å². The van der Waals surface area contributed by atoms with Crippen LogP contribution in [0.3, 0.4) is 0 Å². The van der Waals surface area contributed by atoms with E-state index in [2.05, 4.69) is 39.6 Å². The Morgan fingerprint density at radius 2 is 2.12 bits per heavy atom. The van der Waals surface area contributed by atoms with Gasteiger partial charge in [-0.15, -0.1) is 11.3 Å². The number of aliphatic hydroxyl groups is 1. The number of benzene rings is 1. The van der Waals surface area contributed by atoms with E-state index < -0.39 is 0 Å². The first-order valence-corrected chi connectivity index (χ1v) is 7.08. The van der Waals surface area contributed by atoms with Crippen molar-refractivity contribution in [2.45, 2.75) is 19.6 Å². The lowest BCUT2D eigenvalue weighted by Gasteiger charge is -2.16.